The molecular weight excluding hydrogens is 302 g/mol. The highest BCUT2D eigenvalue weighted by molar-refractivity contribution is 9.10. The number of nitrogens with zero attached hydrogens (tertiary/aromatic N) is 1. The minimum absolute atomic E-state index is 0.0948. The Hall–Kier alpha value is -1.56. The van der Waals surface area contributed by atoms with E-state index in [2.05, 4.69) is 15.9 Å². The molecule has 0 aliphatic carbocycles. The first-order valence-electron chi connectivity index (χ1n) is 5.33. The number of benzene rings is 1. The van der Waals surface area contributed by atoms with Gasteiger partial charge < -0.3 is 14.7 Å². The third-order valence-corrected chi connectivity index (χ3v) is 2.72. The molecule has 0 saturated heterocycles. The van der Waals surface area contributed by atoms with E-state index in [1.165, 1.54) is 11.9 Å². The van der Waals surface area contributed by atoms with Crippen LogP contribution >= 0.6 is 15.9 Å². The van der Waals surface area contributed by atoms with Crippen LogP contribution in [0.2, 0.25) is 0 Å². The van der Waals surface area contributed by atoms with E-state index in [1.807, 2.05) is 24.3 Å². The average molecular weight is 316 g/mol. The SMILES string of the molecule is CN(CCC(=O)O)C(=O)OCc1cccc(Br)c1. The van der Waals surface area contributed by atoms with Crippen molar-refractivity contribution >= 4 is 28.0 Å². The first-order valence-corrected chi connectivity index (χ1v) is 6.12. The van der Waals surface area contributed by atoms with Crippen LogP contribution < -0.4 is 0 Å². The molecule has 5 nitrogen and oxygen atoms in total. The number of hydrogen-bond acceptors (Lipinski definition) is 3. The molecule has 1 rings (SSSR count). The summed E-state index contributed by atoms with van der Waals surface area (Å²) in [5.41, 5.74) is 0.865. The summed E-state index contributed by atoms with van der Waals surface area (Å²) >= 11 is 3.32. The van der Waals surface area contributed by atoms with Crippen molar-refractivity contribution < 1.29 is 19.4 Å². The van der Waals surface area contributed by atoms with Crippen LogP contribution in [0, 0.1) is 0 Å². The molecule has 0 atom stereocenters. The molecule has 0 unspecified atom stereocenters. The highest BCUT2D eigenvalue weighted by Gasteiger charge is 2.11. The number of amides is 1. The molecule has 1 aromatic carbocycles. The van der Waals surface area contributed by atoms with E-state index >= 15 is 0 Å². The molecule has 0 aromatic heterocycles. The van der Waals surface area contributed by atoms with Crippen LogP contribution in [-0.2, 0) is 16.1 Å². The average Bonchev–Trinajstić information content (AvgIpc) is 2.33. The Bertz CT molecular complexity index is 436. The van der Waals surface area contributed by atoms with E-state index in [4.69, 9.17) is 9.84 Å². The minimum Gasteiger partial charge on any atom is -0.481 e. The van der Waals surface area contributed by atoms with Gasteiger partial charge in [0, 0.05) is 18.1 Å². The van der Waals surface area contributed by atoms with Crippen LogP contribution in [-0.4, -0.2) is 35.7 Å². The quantitative estimate of drug-likeness (QED) is 0.906. The lowest BCUT2D eigenvalue weighted by Gasteiger charge is -2.15. The number of rotatable bonds is 5. The summed E-state index contributed by atoms with van der Waals surface area (Å²) in [6.45, 7) is 0.294. The lowest BCUT2D eigenvalue weighted by atomic mass is 10.2. The van der Waals surface area contributed by atoms with Gasteiger partial charge in [-0.1, -0.05) is 28.1 Å². The van der Waals surface area contributed by atoms with E-state index < -0.39 is 12.1 Å². The molecule has 0 saturated carbocycles. The Balaban J connectivity index is 2.38. The zero-order valence-electron chi connectivity index (χ0n) is 9.93. The zero-order valence-corrected chi connectivity index (χ0v) is 11.5. The number of ether oxygens (including phenoxy) is 1. The number of carbonyl (C=O) groups is 2. The Morgan fingerprint density at radius 1 is 1.44 bits per heavy atom. The number of carboxylic acid groups (broad SMARTS) is 1. The molecular formula is C12H14BrNO4. The number of halogens is 1. The van der Waals surface area contributed by atoms with E-state index in [1.54, 1.807) is 0 Å². The van der Waals surface area contributed by atoms with Crippen LogP contribution in [0.25, 0.3) is 0 Å². The largest absolute Gasteiger partial charge is 0.481 e. The van der Waals surface area contributed by atoms with Gasteiger partial charge >= 0.3 is 12.1 Å². The molecule has 0 fully saturated rings. The summed E-state index contributed by atoms with van der Waals surface area (Å²) in [4.78, 5) is 23.1. The lowest BCUT2D eigenvalue weighted by molar-refractivity contribution is -0.137. The fourth-order valence-corrected chi connectivity index (χ4v) is 1.68. The Kier molecular flexibility index (Phi) is 5.64. The van der Waals surface area contributed by atoms with Crippen molar-refractivity contribution in [2.45, 2.75) is 13.0 Å². The number of carboxylic acids is 1. The van der Waals surface area contributed by atoms with Crippen molar-refractivity contribution in [2.75, 3.05) is 13.6 Å². The first-order chi connectivity index (χ1) is 8.49. The summed E-state index contributed by atoms with van der Waals surface area (Å²) in [6.07, 6.45) is -0.626. The van der Waals surface area contributed by atoms with Crippen LogP contribution in [0.1, 0.15) is 12.0 Å². The second-order valence-corrected chi connectivity index (χ2v) is 4.67. The molecule has 0 bridgehead atoms. The molecule has 1 N–H and O–H groups in total. The maximum Gasteiger partial charge on any atom is 0.409 e. The zero-order chi connectivity index (χ0) is 13.5. The third-order valence-electron chi connectivity index (χ3n) is 2.22. The van der Waals surface area contributed by atoms with Gasteiger partial charge in [-0.05, 0) is 17.7 Å². The molecule has 0 aliphatic heterocycles. The van der Waals surface area contributed by atoms with Gasteiger partial charge in [0.2, 0.25) is 0 Å². The van der Waals surface area contributed by atoms with Gasteiger partial charge in [0.05, 0.1) is 6.42 Å². The summed E-state index contributed by atoms with van der Waals surface area (Å²) in [5.74, 6) is -0.943. The fourth-order valence-electron chi connectivity index (χ4n) is 1.24. The van der Waals surface area contributed by atoms with Gasteiger partial charge in [-0.3, -0.25) is 4.79 Å². The Morgan fingerprint density at radius 3 is 2.78 bits per heavy atom. The minimum atomic E-state index is -0.943. The molecule has 1 amide bonds. The molecule has 0 radical (unpaired) electrons. The van der Waals surface area contributed by atoms with Crippen LogP contribution in [0.15, 0.2) is 28.7 Å². The predicted octanol–water partition coefficient (Wildman–Crippen LogP) is 2.49. The van der Waals surface area contributed by atoms with Crippen LogP contribution in [0.4, 0.5) is 4.79 Å². The number of hydrogen-bond donors (Lipinski definition) is 1. The number of aliphatic carboxylic acids is 1. The Morgan fingerprint density at radius 2 is 2.17 bits per heavy atom. The predicted molar refractivity (Wildman–Crippen MR) is 69.2 cm³/mol. The van der Waals surface area contributed by atoms with Crippen LogP contribution in [0.3, 0.4) is 0 Å². The van der Waals surface area contributed by atoms with E-state index in [0.29, 0.717) is 0 Å². The first kappa shape index (κ1) is 14.5. The molecule has 0 spiro atoms. The number of carbonyl (C=O) groups excluding carboxylic acids is 1. The summed E-state index contributed by atoms with van der Waals surface area (Å²) in [6, 6.07) is 7.42. The van der Waals surface area contributed by atoms with Crippen molar-refractivity contribution in [3.63, 3.8) is 0 Å². The highest BCUT2D eigenvalue weighted by atomic mass is 79.9. The van der Waals surface area contributed by atoms with Gasteiger partial charge in [0.1, 0.15) is 6.61 Å². The topological polar surface area (TPSA) is 66.8 Å². The van der Waals surface area contributed by atoms with Gasteiger partial charge in [0.25, 0.3) is 0 Å². The van der Waals surface area contributed by atoms with E-state index in [0.717, 1.165) is 10.0 Å². The molecule has 6 heteroatoms. The van der Waals surface area contributed by atoms with Crippen molar-refractivity contribution in [1.29, 1.82) is 0 Å². The fraction of sp³-hybridized carbons (Fsp3) is 0.333. The monoisotopic (exact) mass is 315 g/mol. The molecule has 1 aromatic rings. The van der Waals surface area contributed by atoms with Gasteiger partial charge in [-0.2, -0.15) is 0 Å². The second-order valence-electron chi connectivity index (χ2n) is 3.75. The van der Waals surface area contributed by atoms with Crippen molar-refractivity contribution in [3.05, 3.63) is 34.3 Å². The molecule has 98 valence electrons. The molecule has 0 aliphatic rings. The van der Waals surface area contributed by atoms with Gasteiger partial charge in [-0.25, -0.2) is 4.79 Å². The normalized spacial score (nSPS) is 9.89. The maximum atomic E-state index is 11.5. The molecule has 0 heterocycles. The smallest absolute Gasteiger partial charge is 0.409 e. The summed E-state index contributed by atoms with van der Waals surface area (Å²) < 4.78 is 5.96. The standard InChI is InChI=1S/C12H14BrNO4/c1-14(6-5-11(15)16)12(17)18-8-9-3-2-4-10(13)7-9/h2-4,7H,5-6,8H2,1H3,(H,15,16). The van der Waals surface area contributed by atoms with E-state index in [-0.39, 0.29) is 19.6 Å². The van der Waals surface area contributed by atoms with Gasteiger partial charge in [-0.15, -0.1) is 0 Å². The highest BCUT2D eigenvalue weighted by Crippen LogP contribution is 2.12. The summed E-state index contributed by atoms with van der Waals surface area (Å²) in [7, 11) is 1.51. The van der Waals surface area contributed by atoms with Crippen molar-refractivity contribution in [3.8, 4) is 0 Å². The molecule has 18 heavy (non-hydrogen) atoms. The maximum absolute atomic E-state index is 11.5. The van der Waals surface area contributed by atoms with Gasteiger partial charge in [0.15, 0.2) is 0 Å². The second kappa shape index (κ2) is 7.00. The third kappa shape index (κ3) is 5.18. The van der Waals surface area contributed by atoms with Crippen LogP contribution in [0.5, 0.6) is 0 Å². The Labute approximate surface area is 113 Å². The van der Waals surface area contributed by atoms with Crippen molar-refractivity contribution in [2.24, 2.45) is 0 Å². The lowest BCUT2D eigenvalue weighted by Crippen LogP contribution is -2.29. The summed E-state index contributed by atoms with van der Waals surface area (Å²) in [5, 5.41) is 8.50. The van der Waals surface area contributed by atoms with Crippen molar-refractivity contribution in [1.82, 2.24) is 4.90 Å². The van der Waals surface area contributed by atoms with E-state index in [9.17, 15) is 9.59 Å².